The first kappa shape index (κ1) is 15.9. The Morgan fingerprint density at radius 2 is 1.91 bits per heavy atom. The summed E-state index contributed by atoms with van der Waals surface area (Å²) in [5.74, 6) is 0.539. The van der Waals surface area contributed by atoms with Gasteiger partial charge in [0.1, 0.15) is 11.5 Å². The lowest BCUT2D eigenvalue weighted by Gasteiger charge is -2.13. The fourth-order valence-corrected chi connectivity index (χ4v) is 2.13. The van der Waals surface area contributed by atoms with E-state index < -0.39 is 6.10 Å². The van der Waals surface area contributed by atoms with Crippen molar-refractivity contribution in [3.63, 3.8) is 0 Å². The molecule has 0 radical (unpaired) electrons. The Hall–Kier alpha value is -2.53. The van der Waals surface area contributed by atoms with E-state index >= 15 is 0 Å². The highest BCUT2D eigenvalue weighted by Gasteiger charge is 2.13. The van der Waals surface area contributed by atoms with Crippen LogP contribution in [-0.4, -0.2) is 29.8 Å². The largest absolute Gasteiger partial charge is 0.508 e. The number of aryl methyl sites for hydroxylation is 1. The van der Waals surface area contributed by atoms with Gasteiger partial charge in [0.15, 0.2) is 0 Å². The Morgan fingerprint density at radius 3 is 2.50 bits per heavy atom. The van der Waals surface area contributed by atoms with Crippen LogP contribution < -0.4 is 10.1 Å². The molecule has 0 aliphatic carbocycles. The summed E-state index contributed by atoms with van der Waals surface area (Å²) in [6.07, 6.45) is -0.799. The third kappa shape index (κ3) is 3.77. The molecule has 2 rings (SSSR count). The van der Waals surface area contributed by atoms with E-state index in [2.05, 4.69) is 5.32 Å². The number of amides is 1. The van der Waals surface area contributed by atoms with Gasteiger partial charge in [0, 0.05) is 12.1 Å². The van der Waals surface area contributed by atoms with E-state index in [0.717, 1.165) is 0 Å². The number of nitrogens with one attached hydrogen (secondary N) is 1. The summed E-state index contributed by atoms with van der Waals surface area (Å²) in [5, 5.41) is 22.1. The van der Waals surface area contributed by atoms with E-state index in [-0.39, 0.29) is 18.2 Å². The maximum absolute atomic E-state index is 12.1. The molecule has 0 aromatic heterocycles. The number of hydrogen-bond donors (Lipinski definition) is 3. The quantitative estimate of drug-likeness (QED) is 0.791. The number of phenolic OH excluding ortho intramolecular Hbond substituents is 1. The molecule has 0 saturated heterocycles. The molecule has 5 heteroatoms. The Balaban J connectivity index is 1.97. The second-order valence-corrected chi connectivity index (χ2v) is 5.00. The number of hydrogen-bond acceptors (Lipinski definition) is 4. The second-order valence-electron chi connectivity index (χ2n) is 5.00. The number of aromatic hydroxyl groups is 1. The van der Waals surface area contributed by atoms with Crippen LogP contribution in [-0.2, 0) is 0 Å². The van der Waals surface area contributed by atoms with Crippen molar-refractivity contribution in [3.8, 4) is 11.5 Å². The maximum Gasteiger partial charge on any atom is 0.251 e. The van der Waals surface area contributed by atoms with Crippen molar-refractivity contribution >= 4 is 5.91 Å². The van der Waals surface area contributed by atoms with Crippen LogP contribution in [0.15, 0.2) is 42.5 Å². The fourth-order valence-electron chi connectivity index (χ4n) is 2.13. The highest BCUT2D eigenvalue weighted by Crippen LogP contribution is 2.18. The van der Waals surface area contributed by atoms with Crippen LogP contribution in [0.3, 0.4) is 0 Å². The van der Waals surface area contributed by atoms with Gasteiger partial charge >= 0.3 is 0 Å². The number of rotatable bonds is 5. The van der Waals surface area contributed by atoms with Crippen LogP contribution in [0, 0.1) is 6.92 Å². The topological polar surface area (TPSA) is 78.8 Å². The minimum absolute atomic E-state index is 0.103. The van der Waals surface area contributed by atoms with Gasteiger partial charge in [0.05, 0.1) is 13.2 Å². The van der Waals surface area contributed by atoms with Gasteiger partial charge < -0.3 is 20.3 Å². The van der Waals surface area contributed by atoms with Gasteiger partial charge in [-0.25, -0.2) is 0 Å². The van der Waals surface area contributed by atoms with Crippen LogP contribution in [0.5, 0.6) is 11.5 Å². The molecule has 0 aliphatic rings. The van der Waals surface area contributed by atoms with E-state index in [1.165, 1.54) is 12.1 Å². The van der Waals surface area contributed by atoms with E-state index in [1.807, 2.05) is 0 Å². The van der Waals surface area contributed by atoms with Crippen molar-refractivity contribution in [2.75, 3.05) is 13.7 Å². The third-order valence-corrected chi connectivity index (χ3v) is 3.41. The number of carbonyl (C=O) groups excluding carboxylic acids is 1. The molecular weight excluding hydrogens is 282 g/mol. The average Bonchev–Trinajstić information content (AvgIpc) is 2.52. The zero-order valence-electron chi connectivity index (χ0n) is 12.5. The molecule has 1 atom stereocenters. The molecule has 22 heavy (non-hydrogen) atoms. The molecule has 0 aliphatic heterocycles. The van der Waals surface area contributed by atoms with E-state index in [9.17, 15) is 15.0 Å². The standard InChI is InChI=1S/C17H19NO4/c1-11-9-13(19)5-8-15(11)17(21)18-10-16(20)12-3-6-14(22-2)7-4-12/h3-9,16,19-20H,10H2,1-2H3,(H,18,21). The minimum atomic E-state index is -0.799. The van der Waals surface area contributed by atoms with Crippen molar-refractivity contribution in [2.45, 2.75) is 13.0 Å². The molecule has 116 valence electrons. The van der Waals surface area contributed by atoms with Crippen molar-refractivity contribution in [2.24, 2.45) is 0 Å². The van der Waals surface area contributed by atoms with Crippen molar-refractivity contribution in [1.82, 2.24) is 5.32 Å². The number of carbonyl (C=O) groups is 1. The van der Waals surface area contributed by atoms with Crippen molar-refractivity contribution in [3.05, 3.63) is 59.2 Å². The first-order chi connectivity index (χ1) is 10.5. The molecule has 0 bridgehead atoms. The van der Waals surface area contributed by atoms with Crippen molar-refractivity contribution < 1.29 is 19.7 Å². The second kappa shape index (κ2) is 6.95. The summed E-state index contributed by atoms with van der Waals surface area (Å²) in [6.45, 7) is 1.85. The zero-order chi connectivity index (χ0) is 16.1. The highest BCUT2D eigenvalue weighted by molar-refractivity contribution is 5.95. The Kier molecular flexibility index (Phi) is 5.01. The molecule has 1 unspecified atom stereocenters. The number of phenols is 1. The van der Waals surface area contributed by atoms with E-state index in [0.29, 0.717) is 22.4 Å². The lowest BCUT2D eigenvalue weighted by molar-refractivity contribution is 0.0915. The first-order valence-corrected chi connectivity index (χ1v) is 6.91. The maximum atomic E-state index is 12.1. The summed E-state index contributed by atoms with van der Waals surface area (Å²) in [7, 11) is 1.58. The fraction of sp³-hybridized carbons (Fsp3) is 0.235. The predicted octanol–water partition coefficient (Wildman–Crippen LogP) is 2.17. The molecule has 0 saturated carbocycles. The SMILES string of the molecule is COc1ccc(C(O)CNC(=O)c2ccc(O)cc2C)cc1. The third-order valence-electron chi connectivity index (χ3n) is 3.41. The van der Waals surface area contributed by atoms with Gasteiger partial charge in [-0.2, -0.15) is 0 Å². The molecule has 5 nitrogen and oxygen atoms in total. The van der Waals surface area contributed by atoms with Crippen LogP contribution in [0.1, 0.15) is 27.6 Å². The van der Waals surface area contributed by atoms with Gasteiger partial charge in [-0.1, -0.05) is 12.1 Å². The predicted molar refractivity (Wildman–Crippen MR) is 83.1 cm³/mol. The summed E-state index contributed by atoms with van der Waals surface area (Å²) in [5.41, 5.74) is 1.85. The van der Waals surface area contributed by atoms with Gasteiger partial charge in [0.25, 0.3) is 5.91 Å². The minimum Gasteiger partial charge on any atom is -0.508 e. The lowest BCUT2D eigenvalue weighted by Crippen LogP contribution is -2.28. The van der Waals surface area contributed by atoms with Crippen LogP contribution >= 0.6 is 0 Å². The number of aliphatic hydroxyl groups excluding tert-OH is 1. The summed E-state index contributed by atoms with van der Waals surface area (Å²) < 4.78 is 5.06. The summed E-state index contributed by atoms with van der Waals surface area (Å²) in [6, 6.07) is 11.5. The highest BCUT2D eigenvalue weighted by atomic mass is 16.5. The summed E-state index contributed by atoms with van der Waals surface area (Å²) >= 11 is 0. The van der Waals surface area contributed by atoms with Crippen molar-refractivity contribution in [1.29, 1.82) is 0 Å². The molecule has 3 N–H and O–H groups in total. The molecule has 2 aromatic carbocycles. The Morgan fingerprint density at radius 1 is 1.23 bits per heavy atom. The molecule has 0 spiro atoms. The molecule has 0 heterocycles. The molecule has 2 aromatic rings. The number of aliphatic hydroxyl groups is 1. The smallest absolute Gasteiger partial charge is 0.251 e. The van der Waals surface area contributed by atoms with E-state index in [4.69, 9.17) is 4.74 Å². The number of ether oxygens (including phenoxy) is 1. The Labute approximate surface area is 129 Å². The average molecular weight is 301 g/mol. The molecular formula is C17H19NO4. The number of benzene rings is 2. The zero-order valence-corrected chi connectivity index (χ0v) is 12.5. The molecule has 0 fully saturated rings. The monoisotopic (exact) mass is 301 g/mol. The normalized spacial score (nSPS) is 11.8. The van der Waals surface area contributed by atoms with Gasteiger partial charge in [-0.15, -0.1) is 0 Å². The molecule has 1 amide bonds. The van der Waals surface area contributed by atoms with Gasteiger partial charge in [0.2, 0.25) is 0 Å². The first-order valence-electron chi connectivity index (χ1n) is 6.91. The number of methoxy groups -OCH3 is 1. The van der Waals surface area contributed by atoms with Gasteiger partial charge in [-0.05, 0) is 48.4 Å². The van der Waals surface area contributed by atoms with Crippen LogP contribution in [0.25, 0.3) is 0 Å². The van der Waals surface area contributed by atoms with Crippen LogP contribution in [0.4, 0.5) is 0 Å². The van der Waals surface area contributed by atoms with Crippen LogP contribution in [0.2, 0.25) is 0 Å². The lowest BCUT2D eigenvalue weighted by atomic mass is 10.1. The Bertz CT molecular complexity index is 652. The van der Waals surface area contributed by atoms with E-state index in [1.54, 1.807) is 44.4 Å². The van der Waals surface area contributed by atoms with Gasteiger partial charge in [-0.3, -0.25) is 4.79 Å². The summed E-state index contributed by atoms with van der Waals surface area (Å²) in [4.78, 5) is 12.1.